The van der Waals surface area contributed by atoms with E-state index in [4.69, 9.17) is 7.74 Å². The van der Waals surface area contributed by atoms with Crippen LogP contribution in [0.2, 0.25) is 0 Å². The summed E-state index contributed by atoms with van der Waals surface area (Å²) in [5.41, 5.74) is 0. The van der Waals surface area contributed by atoms with Crippen LogP contribution >= 0.6 is 0 Å². The molecule has 0 spiro atoms. The van der Waals surface area contributed by atoms with Gasteiger partial charge in [0.1, 0.15) is 7.31 Å². The van der Waals surface area contributed by atoms with Gasteiger partial charge in [0, 0.05) is 7.74 Å². The van der Waals surface area contributed by atoms with Crippen molar-refractivity contribution in [2.75, 3.05) is 13.1 Å². The Morgan fingerprint density at radius 3 is 2.00 bits per heavy atom. The molecule has 0 aromatic carbocycles. The minimum atomic E-state index is 1.16. The summed E-state index contributed by atoms with van der Waals surface area (Å²) in [6, 6.07) is 0. The zero-order valence-electron chi connectivity index (χ0n) is 5.84. The van der Waals surface area contributed by atoms with Crippen molar-refractivity contribution in [2.24, 2.45) is 0 Å². The molecule has 1 aliphatic rings. The molecule has 47 valence electrons. The van der Waals surface area contributed by atoms with Gasteiger partial charge in [0.25, 0.3) is 0 Å². The second-order valence-corrected chi connectivity index (χ2v) is 2.60. The van der Waals surface area contributed by atoms with Gasteiger partial charge < -0.3 is 4.81 Å². The first-order chi connectivity index (χ1) is 4.43. The summed E-state index contributed by atoms with van der Waals surface area (Å²) < 4.78 is 0. The van der Waals surface area contributed by atoms with E-state index >= 15 is 0 Å². The van der Waals surface area contributed by atoms with Gasteiger partial charge in [0.2, 0.25) is 0 Å². The largest absolute Gasteiger partial charge is 0.356 e. The van der Waals surface area contributed by atoms with Crippen molar-refractivity contribution in [1.29, 1.82) is 0 Å². The molecule has 0 amide bonds. The first-order valence-corrected chi connectivity index (χ1v) is 3.72. The standard InChI is InChI=1S/C6H12B2N/c7-8-9-5-3-1-2-4-6-9/h1-6H2. The van der Waals surface area contributed by atoms with Crippen molar-refractivity contribution < 1.29 is 0 Å². The van der Waals surface area contributed by atoms with E-state index in [9.17, 15) is 0 Å². The van der Waals surface area contributed by atoms with Gasteiger partial charge in [-0.05, 0) is 25.9 Å². The highest BCUT2D eigenvalue weighted by Gasteiger charge is 2.04. The van der Waals surface area contributed by atoms with Crippen LogP contribution in [0.5, 0.6) is 0 Å². The molecule has 1 rings (SSSR count). The van der Waals surface area contributed by atoms with Crippen molar-refractivity contribution in [3.8, 4) is 0 Å². The average molecular weight is 120 g/mol. The van der Waals surface area contributed by atoms with E-state index in [2.05, 4.69) is 4.81 Å². The molecular formula is C6H12B2N. The highest BCUT2D eigenvalue weighted by atomic mass is 15.0. The number of hydrogen-bond donors (Lipinski definition) is 0. The maximum Gasteiger partial charge on any atom is 0.148 e. The lowest BCUT2D eigenvalue weighted by Gasteiger charge is -2.16. The zero-order valence-corrected chi connectivity index (χ0v) is 5.84. The number of rotatable bonds is 1. The van der Waals surface area contributed by atoms with Crippen LogP contribution in [0.1, 0.15) is 25.7 Å². The Hall–Kier alpha value is 0.0899. The van der Waals surface area contributed by atoms with Crippen LogP contribution in [0, 0.1) is 0 Å². The Kier molecular flexibility index (Phi) is 3.20. The van der Waals surface area contributed by atoms with E-state index in [0.29, 0.717) is 0 Å². The van der Waals surface area contributed by atoms with Gasteiger partial charge in [-0.2, -0.15) is 0 Å². The summed E-state index contributed by atoms with van der Waals surface area (Å²) in [7, 11) is 7.09. The highest BCUT2D eigenvalue weighted by Crippen LogP contribution is 2.07. The molecular weight excluding hydrogens is 108 g/mol. The number of hydrogen-bond acceptors (Lipinski definition) is 1. The van der Waals surface area contributed by atoms with Gasteiger partial charge in [0.15, 0.2) is 0 Å². The van der Waals surface area contributed by atoms with Crippen molar-refractivity contribution in [1.82, 2.24) is 4.81 Å². The van der Waals surface area contributed by atoms with E-state index in [0.717, 1.165) is 13.1 Å². The van der Waals surface area contributed by atoms with Gasteiger partial charge in [-0.3, -0.25) is 0 Å². The van der Waals surface area contributed by atoms with Crippen LogP contribution in [-0.4, -0.2) is 32.9 Å². The van der Waals surface area contributed by atoms with E-state index in [-0.39, 0.29) is 0 Å². The average Bonchev–Trinajstić information content (AvgIpc) is 2.13. The summed E-state index contributed by atoms with van der Waals surface area (Å²) in [5.74, 6) is 0. The molecule has 0 bridgehead atoms. The quantitative estimate of drug-likeness (QED) is 0.457. The fraction of sp³-hybridized carbons (Fsp3) is 1.00. The molecule has 9 heavy (non-hydrogen) atoms. The second-order valence-electron chi connectivity index (χ2n) is 2.60. The normalized spacial score (nSPS) is 23.1. The van der Waals surface area contributed by atoms with Crippen molar-refractivity contribution in [2.45, 2.75) is 25.7 Å². The van der Waals surface area contributed by atoms with Crippen molar-refractivity contribution in [3.63, 3.8) is 0 Å². The van der Waals surface area contributed by atoms with Gasteiger partial charge >= 0.3 is 0 Å². The number of nitrogens with zero attached hydrogens (tertiary/aromatic N) is 1. The van der Waals surface area contributed by atoms with Gasteiger partial charge in [0.05, 0.1) is 0 Å². The molecule has 0 aromatic heterocycles. The molecule has 0 atom stereocenters. The van der Waals surface area contributed by atoms with E-state index < -0.39 is 0 Å². The molecule has 0 saturated carbocycles. The third kappa shape index (κ3) is 2.44. The van der Waals surface area contributed by atoms with Gasteiger partial charge in [-0.15, -0.1) is 0 Å². The van der Waals surface area contributed by atoms with Crippen LogP contribution in [-0.2, 0) is 0 Å². The Morgan fingerprint density at radius 2 is 1.56 bits per heavy atom. The van der Waals surface area contributed by atoms with Crippen LogP contribution in [0.25, 0.3) is 0 Å². The SMILES string of the molecule is [B][B]N1CCCCCC1. The monoisotopic (exact) mass is 120 g/mol. The Balaban J connectivity index is 2.18. The van der Waals surface area contributed by atoms with Crippen LogP contribution < -0.4 is 0 Å². The summed E-state index contributed by atoms with van der Waals surface area (Å²) in [6.45, 7) is 2.33. The molecule has 1 saturated heterocycles. The molecule has 0 aliphatic carbocycles. The topological polar surface area (TPSA) is 3.24 Å². The van der Waals surface area contributed by atoms with Crippen LogP contribution in [0.3, 0.4) is 0 Å². The van der Waals surface area contributed by atoms with Gasteiger partial charge in [-0.1, -0.05) is 12.8 Å². The van der Waals surface area contributed by atoms with Crippen molar-refractivity contribution >= 4 is 15.0 Å². The maximum absolute atomic E-state index is 5.37. The van der Waals surface area contributed by atoms with Crippen LogP contribution in [0.15, 0.2) is 0 Å². The molecule has 0 aromatic rings. The Morgan fingerprint density at radius 1 is 1.00 bits per heavy atom. The van der Waals surface area contributed by atoms with E-state index in [1.54, 1.807) is 7.31 Å². The summed E-state index contributed by atoms with van der Waals surface area (Å²) >= 11 is 0. The maximum atomic E-state index is 5.37. The molecule has 3 heteroatoms. The smallest absolute Gasteiger partial charge is 0.148 e. The van der Waals surface area contributed by atoms with Crippen LogP contribution in [0.4, 0.5) is 0 Å². The summed E-state index contributed by atoms with van der Waals surface area (Å²) in [4.78, 5) is 2.20. The Bertz CT molecular complexity index is 69.5. The lowest BCUT2D eigenvalue weighted by atomic mass is 9.65. The molecule has 0 N–H and O–H groups in total. The summed E-state index contributed by atoms with van der Waals surface area (Å²) in [5, 5.41) is 0. The molecule has 3 radical (unpaired) electrons. The molecule has 1 heterocycles. The molecule has 1 nitrogen and oxygen atoms in total. The fourth-order valence-corrected chi connectivity index (χ4v) is 1.24. The molecule has 1 fully saturated rings. The van der Waals surface area contributed by atoms with E-state index in [1.807, 2.05) is 0 Å². The van der Waals surface area contributed by atoms with Crippen molar-refractivity contribution in [3.05, 3.63) is 0 Å². The third-order valence-electron chi connectivity index (χ3n) is 1.85. The third-order valence-corrected chi connectivity index (χ3v) is 1.85. The lowest BCUT2D eigenvalue weighted by molar-refractivity contribution is 0.468. The minimum Gasteiger partial charge on any atom is -0.356 e. The van der Waals surface area contributed by atoms with E-state index in [1.165, 1.54) is 25.7 Å². The first-order valence-electron chi connectivity index (χ1n) is 3.72. The predicted octanol–water partition coefficient (Wildman–Crippen LogP) is 0.565. The molecule has 0 unspecified atom stereocenters. The first kappa shape index (κ1) is 7.20. The predicted molar refractivity (Wildman–Crippen MR) is 41.5 cm³/mol. The fourth-order valence-electron chi connectivity index (χ4n) is 1.24. The minimum absolute atomic E-state index is 1.16. The highest BCUT2D eigenvalue weighted by molar-refractivity contribution is 6.87. The molecule has 1 aliphatic heterocycles. The lowest BCUT2D eigenvalue weighted by Crippen LogP contribution is -2.28. The van der Waals surface area contributed by atoms with Gasteiger partial charge in [-0.25, -0.2) is 0 Å². The zero-order chi connectivity index (χ0) is 6.53. The second kappa shape index (κ2) is 3.99. The summed E-state index contributed by atoms with van der Waals surface area (Å²) in [6.07, 6.45) is 5.38. The Labute approximate surface area is 59.5 Å².